The van der Waals surface area contributed by atoms with E-state index < -0.39 is 49.7 Å². The summed E-state index contributed by atoms with van der Waals surface area (Å²) >= 11 is 0. The van der Waals surface area contributed by atoms with Crippen LogP contribution in [0, 0.1) is 29.6 Å². The molecule has 1 unspecified atom stereocenters. The van der Waals surface area contributed by atoms with E-state index in [-0.39, 0.29) is 85.5 Å². The van der Waals surface area contributed by atoms with Crippen LogP contribution in [0.1, 0.15) is 124 Å². The third-order valence-electron chi connectivity index (χ3n) is 17.8. The summed E-state index contributed by atoms with van der Waals surface area (Å²) in [5, 5.41) is 1.63. The quantitative estimate of drug-likeness (QED) is 0.0252. The molecule has 2 aliphatic heterocycles. The molecule has 6 aromatic rings. The van der Waals surface area contributed by atoms with Gasteiger partial charge < -0.3 is 65.0 Å². The fourth-order valence-corrected chi connectivity index (χ4v) is 17.3. The Morgan fingerprint density at radius 2 is 1.38 bits per heavy atom. The molecule has 0 saturated carbocycles. The Labute approximate surface area is 531 Å². The monoisotopic (exact) mass is 1260 g/mol. The molecule has 19 nitrogen and oxygen atoms in total. The number of fused-ring (bicyclic) bond motifs is 8. The van der Waals surface area contributed by atoms with Gasteiger partial charge in [-0.25, -0.2) is 15.0 Å². The molecular formula is C70H93N3O16Si. The van der Waals surface area contributed by atoms with E-state index in [0.29, 0.717) is 66.8 Å². The zero-order valence-electron chi connectivity index (χ0n) is 54.8. The van der Waals surface area contributed by atoms with Crippen molar-refractivity contribution >= 4 is 36.5 Å². The number of rotatable bonds is 23. The Balaban J connectivity index is 1.10. The van der Waals surface area contributed by atoms with E-state index in [0.717, 1.165) is 22.4 Å². The molecule has 90 heavy (non-hydrogen) atoms. The number of cyclic esters (lactones) is 1. The summed E-state index contributed by atoms with van der Waals surface area (Å²) in [7, 11) is 6.47. The van der Waals surface area contributed by atoms with Gasteiger partial charge >= 0.3 is 5.97 Å². The molecule has 1 saturated heterocycles. The van der Waals surface area contributed by atoms with Crippen LogP contribution in [0.3, 0.4) is 0 Å². The van der Waals surface area contributed by atoms with Crippen LogP contribution in [0.5, 0.6) is 11.5 Å². The van der Waals surface area contributed by atoms with E-state index in [9.17, 15) is 4.79 Å². The molecule has 0 spiro atoms. The van der Waals surface area contributed by atoms with Gasteiger partial charge in [-0.15, -0.1) is 0 Å². The number of carbonyl (C=O) groups excluding carboxylic acids is 2. The maximum absolute atomic E-state index is 15.3. The van der Waals surface area contributed by atoms with Crippen molar-refractivity contribution in [3.63, 3.8) is 0 Å². The molecule has 6 bridgehead atoms. The third kappa shape index (κ3) is 17.1. The Morgan fingerprint density at radius 3 is 2.02 bits per heavy atom. The van der Waals surface area contributed by atoms with Gasteiger partial charge in [-0.3, -0.25) is 9.59 Å². The molecule has 8 rings (SSSR count). The number of carbonyl (C=O) groups is 2. The average Bonchev–Trinajstić information content (AvgIpc) is 1.70. The van der Waals surface area contributed by atoms with Crippen molar-refractivity contribution < 1.29 is 74.6 Å². The Kier molecular flexibility index (Phi) is 25.1. The molecule has 5 heterocycles. The number of esters is 1. The number of oxazole rings is 3. The van der Waals surface area contributed by atoms with Crippen LogP contribution in [0.4, 0.5) is 0 Å². The van der Waals surface area contributed by atoms with Crippen molar-refractivity contribution in [2.45, 2.75) is 161 Å². The number of hydrogen-bond donors (Lipinski definition) is 0. The lowest BCUT2D eigenvalue weighted by atomic mass is 9.84. The summed E-state index contributed by atoms with van der Waals surface area (Å²) in [4.78, 5) is 43.4. The van der Waals surface area contributed by atoms with Crippen LogP contribution in [0.2, 0.25) is 5.04 Å². The van der Waals surface area contributed by atoms with Gasteiger partial charge in [0.25, 0.3) is 8.32 Å². The van der Waals surface area contributed by atoms with E-state index in [2.05, 4.69) is 80.8 Å². The van der Waals surface area contributed by atoms with Crippen molar-refractivity contribution in [2.75, 3.05) is 49.5 Å². The fourth-order valence-electron chi connectivity index (χ4n) is 12.6. The molecule has 488 valence electrons. The van der Waals surface area contributed by atoms with Crippen LogP contribution >= 0.6 is 0 Å². The maximum atomic E-state index is 15.3. The minimum absolute atomic E-state index is 0.0224. The van der Waals surface area contributed by atoms with E-state index >= 15 is 4.79 Å². The molecule has 3 aromatic heterocycles. The molecule has 0 N–H and O–H groups in total. The van der Waals surface area contributed by atoms with Gasteiger partial charge in [-0.2, -0.15) is 0 Å². The van der Waals surface area contributed by atoms with Crippen molar-refractivity contribution in [1.82, 2.24) is 15.0 Å². The number of ether oxygens (including phenoxy) is 10. The van der Waals surface area contributed by atoms with Crippen molar-refractivity contribution in [1.29, 1.82) is 0 Å². The van der Waals surface area contributed by atoms with Crippen molar-refractivity contribution in [3.05, 3.63) is 133 Å². The smallest absolute Gasteiger partial charge is 0.308 e. The Morgan fingerprint density at radius 1 is 0.711 bits per heavy atom. The first-order chi connectivity index (χ1) is 43.3. The molecule has 1 fully saturated rings. The van der Waals surface area contributed by atoms with Crippen LogP contribution in [-0.4, -0.2) is 127 Å². The number of nitrogens with zero attached hydrogens (tertiary/aromatic N) is 3. The first-order valence-electron chi connectivity index (χ1n) is 31.2. The molecule has 13 atom stereocenters. The van der Waals surface area contributed by atoms with Gasteiger partial charge in [0.15, 0.2) is 35.0 Å². The molecule has 3 aromatic carbocycles. The van der Waals surface area contributed by atoms with Crippen molar-refractivity contribution in [2.24, 2.45) is 29.6 Å². The summed E-state index contributed by atoms with van der Waals surface area (Å²) in [6, 6.07) is 26.2. The summed E-state index contributed by atoms with van der Waals surface area (Å²) < 4.78 is 86.6. The second-order valence-corrected chi connectivity index (χ2v) is 29.1. The molecule has 2 aliphatic rings. The van der Waals surface area contributed by atoms with Crippen LogP contribution < -0.4 is 19.8 Å². The number of allylic oxidation sites excluding steroid dienone is 1. The standard InChI is InChI=1S/C70H93N3O16Si/c1-44(31-33-58(48(5)66-45(2)35-65(80-13)88-66)86-43-82-39-49-32-34-59(77-10)62(36-49)79-12)60(78-11)38-61-47(4)57(76-9)29-22-30-63-71-54(41-83-63)68-73-55(42-85-68)69-72-53(40-84-69)67(81-14)46(3)56(74)28-21-23-50(37-64(75)87-61)89-90(70(6,7)8,51-24-17-15-18-25-51)52-26-19-16-20-27-52/h15-22,24-28,30,32,34,36,40-42,44-48,50,57-58,60-61,65-67H,23,29,31,33,35,37-39,43H2,1-14H3/b28-21+,30-22+/t44-,45+,46-,47+,48-,50-,57-,58+,60-,61-,65?,66+,67-/m0/s1. The van der Waals surface area contributed by atoms with E-state index in [1.165, 1.54) is 32.0 Å². The van der Waals surface area contributed by atoms with E-state index in [4.69, 9.17) is 65.0 Å². The first kappa shape index (κ1) is 69.3. The second kappa shape index (κ2) is 32.6. The zero-order valence-corrected chi connectivity index (χ0v) is 55.8. The second-order valence-electron chi connectivity index (χ2n) is 24.8. The highest BCUT2D eigenvalue weighted by Gasteiger charge is 2.52. The maximum Gasteiger partial charge on any atom is 0.308 e. The predicted octanol–water partition coefficient (Wildman–Crippen LogP) is 12.6. The topological polar surface area (TPSA) is 214 Å². The highest BCUT2D eigenvalue weighted by atomic mass is 28.4. The normalized spacial score (nSPS) is 24.4. The van der Waals surface area contributed by atoms with Crippen LogP contribution in [0.15, 0.2) is 129 Å². The highest BCUT2D eigenvalue weighted by molar-refractivity contribution is 6.99. The number of hydrogen-bond acceptors (Lipinski definition) is 19. The number of aromatic nitrogens is 3. The molecule has 0 aliphatic carbocycles. The number of ketones is 1. The Hall–Kier alpha value is -6.59. The fraction of sp³-hybridized carbons (Fsp3) is 0.529. The highest BCUT2D eigenvalue weighted by Crippen LogP contribution is 2.40. The lowest BCUT2D eigenvalue weighted by Crippen LogP contribution is -2.67. The molecule has 0 amide bonds. The van der Waals surface area contributed by atoms with Crippen LogP contribution in [0.25, 0.3) is 29.2 Å². The van der Waals surface area contributed by atoms with E-state index in [1.807, 2.05) is 67.6 Å². The predicted molar refractivity (Wildman–Crippen MR) is 342 cm³/mol. The van der Waals surface area contributed by atoms with E-state index in [1.54, 1.807) is 54.6 Å². The summed E-state index contributed by atoms with van der Waals surface area (Å²) in [5.41, 5.74) is 1.98. The minimum Gasteiger partial charge on any atom is -0.493 e. The minimum atomic E-state index is -3.29. The number of benzene rings is 3. The molecule has 20 heteroatoms. The van der Waals surface area contributed by atoms with Gasteiger partial charge in [0.05, 0.1) is 63.7 Å². The first-order valence-corrected chi connectivity index (χ1v) is 33.1. The molecular weight excluding hydrogens is 1170 g/mol. The summed E-state index contributed by atoms with van der Waals surface area (Å²) in [5.74, 6) is 0.311. The largest absolute Gasteiger partial charge is 0.493 e. The van der Waals surface area contributed by atoms with Gasteiger partial charge in [0.1, 0.15) is 43.5 Å². The molecule has 0 radical (unpaired) electrons. The summed E-state index contributed by atoms with van der Waals surface area (Å²) in [6.45, 7) is 17.3. The lowest BCUT2D eigenvalue weighted by Gasteiger charge is -2.45. The Bertz CT molecular complexity index is 3190. The third-order valence-corrected chi connectivity index (χ3v) is 22.9. The van der Waals surface area contributed by atoms with Gasteiger partial charge in [-0.05, 0) is 82.8 Å². The summed E-state index contributed by atoms with van der Waals surface area (Å²) in [6.07, 6.45) is 10.5. The van der Waals surface area contributed by atoms with Crippen molar-refractivity contribution in [3.8, 4) is 34.7 Å². The van der Waals surface area contributed by atoms with Gasteiger partial charge in [-0.1, -0.05) is 134 Å². The van der Waals surface area contributed by atoms with Crippen LogP contribution in [-0.2, 0) is 58.5 Å². The zero-order chi connectivity index (χ0) is 64.5. The lowest BCUT2D eigenvalue weighted by molar-refractivity contribution is -0.163. The van der Waals surface area contributed by atoms with Gasteiger partial charge in [0, 0.05) is 53.1 Å². The number of methoxy groups -OCH3 is 6. The van der Waals surface area contributed by atoms with Gasteiger partial charge in [0.2, 0.25) is 17.7 Å². The SMILES string of the molecule is COc1ccc(COCO[C@H](CC[C@H](C)[C@H](C[C@@H]2OC(=O)C[C@@H](O[Si](c3ccccc3)(c3ccccc3)C(C)(C)C)C/C=C/C(=O)[C@H](C)[C@H](OC)c3coc(n3)-c3coc(n3)-c3coc(n3)/C=C/C[C@H](OC)[C@H]2C)OC)[C@H](C)[C@@H]2OC(OC)C[C@H]2C)cc1OC. The average molecular weight is 1260 g/mol.